The van der Waals surface area contributed by atoms with Crippen LogP contribution in [0.2, 0.25) is 0 Å². The Morgan fingerprint density at radius 3 is 2.46 bits per heavy atom. The number of hydrogen-bond acceptors (Lipinski definition) is 4. The maximum absolute atomic E-state index is 14.6. The maximum Gasteiger partial charge on any atom is 0.160 e. The Hall–Kier alpha value is -4.03. The van der Waals surface area contributed by atoms with Gasteiger partial charge in [0.1, 0.15) is 11.6 Å². The summed E-state index contributed by atoms with van der Waals surface area (Å²) in [6, 6.07) is 19.7. The van der Waals surface area contributed by atoms with Gasteiger partial charge in [0, 0.05) is 40.7 Å². The van der Waals surface area contributed by atoms with Gasteiger partial charge in [0.2, 0.25) is 0 Å². The molecule has 184 valence electrons. The van der Waals surface area contributed by atoms with Gasteiger partial charge in [-0.05, 0) is 97.4 Å². The third kappa shape index (κ3) is 4.98. The molecule has 0 amide bonds. The molecule has 0 radical (unpaired) electrons. The van der Waals surface area contributed by atoms with Crippen LogP contribution in [0.5, 0.6) is 0 Å². The summed E-state index contributed by atoms with van der Waals surface area (Å²) in [5.41, 5.74) is 5.98. The molecule has 1 aliphatic heterocycles. The van der Waals surface area contributed by atoms with E-state index in [2.05, 4.69) is 50.6 Å². The molecular weight excluding hydrogens is 466 g/mol. The Balaban J connectivity index is 1.37. The van der Waals surface area contributed by atoms with Crippen LogP contribution in [0.1, 0.15) is 18.4 Å². The van der Waals surface area contributed by atoms with Crippen molar-refractivity contribution in [1.82, 2.24) is 20.3 Å². The molecule has 1 fully saturated rings. The summed E-state index contributed by atoms with van der Waals surface area (Å²) < 4.78 is 28.6. The van der Waals surface area contributed by atoms with Crippen LogP contribution in [0.4, 0.5) is 8.78 Å². The van der Waals surface area contributed by atoms with Gasteiger partial charge in [-0.1, -0.05) is 24.3 Å². The van der Waals surface area contributed by atoms with Gasteiger partial charge in [0.25, 0.3) is 0 Å². The number of hydrogen-bond donors (Lipinski definition) is 1. The molecule has 0 bridgehead atoms. The van der Waals surface area contributed by atoms with Crippen LogP contribution in [-0.4, -0.2) is 28.0 Å². The molecular formula is C31H26F2N4. The molecule has 1 N–H and O–H groups in total. The van der Waals surface area contributed by atoms with E-state index >= 15 is 0 Å². The Bertz CT molecular complexity index is 1560. The predicted molar refractivity (Wildman–Crippen MR) is 143 cm³/mol. The molecule has 0 saturated carbocycles. The van der Waals surface area contributed by atoms with E-state index in [1.165, 1.54) is 18.4 Å². The first-order valence-corrected chi connectivity index (χ1v) is 12.6. The van der Waals surface area contributed by atoms with Crippen molar-refractivity contribution in [3.05, 3.63) is 103 Å². The van der Waals surface area contributed by atoms with Gasteiger partial charge in [-0.15, -0.1) is 0 Å². The fourth-order valence-corrected chi connectivity index (χ4v) is 5.13. The summed E-state index contributed by atoms with van der Waals surface area (Å²) in [4.78, 5) is 13.4. The van der Waals surface area contributed by atoms with Crippen LogP contribution in [0.3, 0.4) is 0 Å². The summed E-state index contributed by atoms with van der Waals surface area (Å²) in [5, 5.41) is 4.25. The van der Waals surface area contributed by atoms with Crippen molar-refractivity contribution in [2.75, 3.05) is 13.1 Å². The molecule has 0 spiro atoms. The van der Waals surface area contributed by atoms with E-state index in [1.54, 1.807) is 18.5 Å². The van der Waals surface area contributed by atoms with Gasteiger partial charge in [-0.25, -0.2) is 18.7 Å². The van der Waals surface area contributed by atoms with E-state index in [4.69, 9.17) is 0 Å². The topological polar surface area (TPSA) is 50.7 Å². The number of benzene rings is 2. The number of nitrogens with zero attached hydrogens (tertiary/aromatic N) is 3. The minimum Gasteiger partial charge on any atom is -0.317 e. The van der Waals surface area contributed by atoms with Crippen LogP contribution in [-0.2, 0) is 6.42 Å². The molecule has 0 unspecified atom stereocenters. The molecule has 1 aliphatic rings. The highest BCUT2D eigenvalue weighted by Gasteiger charge is 2.16. The number of fused-ring (bicyclic) bond motifs is 1. The van der Waals surface area contributed by atoms with Crippen molar-refractivity contribution in [3.63, 3.8) is 0 Å². The monoisotopic (exact) mass is 492 g/mol. The van der Waals surface area contributed by atoms with Crippen molar-refractivity contribution in [2.24, 2.45) is 5.92 Å². The summed E-state index contributed by atoms with van der Waals surface area (Å²) in [6.07, 6.45) is 8.83. The molecule has 0 aliphatic carbocycles. The molecule has 4 nitrogen and oxygen atoms in total. The highest BCUT2D eigenvalue weighted by Crippen LogP contribution is 2.34. The zero-order valence-corrected chi connectivity index (χ0v) is 20.3. The average Bonchev–Trinajstić information content (AvgIpc) is 2.95. The predicted octanol–water partition coefficient (Wildman–Crippen LogP) is 6.85. The first-order valence-electron chi connectivity index (χ1n) is 12.6. The van der Waals surface area contributed by atoms with Crippen LogP contribution in [0.15, 0.2) is 85.3 Å². The smallest absolute Gasteiger partial charge is 0.160 e. The average molecular weight is 493 g/mol. The molecule has 0 atom stereocenters. The van der Waals surface area contributed by atoms with E-state index in [9.17, 15) is 8.78 Å². The van der Waals surface area contributed by atoms with Gasteiger partial charge in [-0.3, -0.25) is 4.98 Å². The fraction of sp³-hybridized carbons (Fsp3) is 0.194. The molecule has 2 aromatic carbocycles. The van der Waals surface area contributed by atoms with Crippen LogP contribution in [0.25, 0.3) is 44.5 Å². The third-order valence-corrected chi connectivity index (χ3v) is 7.11. The lowest BCUT2D eigenvalue weighted by molar-refractivity contribution is 0.372. The molecule has 4 heterocycles. The Morgan fingerprint density at radius 2 is 1.62 bits per heavy atom. The van der Waals surface area contributed by atoms with Crippen molar-refractivity contribution >= 4 is 11.0 Å². The molecule has 37 heavy (non-hydrogen) atoms. The van der Waals surface area contributed by atoms with Crippen molar-refractivity contribution in [1.29, 1.82) is 0 Å². The zero-order chi connectivity index (χ0) is 25.2. The third-order valence-electron chi connectivity index (χ3n) is 7.11. The van der Waals surface area contributed by atoms with Gasteiger partial charge >= 0.3 is 0 Å². The van der Waals surface area contributed by atoms with Crippen molar-refractivity contribution < 1.29 is 8.78 Å². The van der Waals surface area contributed by atoms with Gasteiger partial charge in [-0.2, -0.15) is 0 Å². The lowest BCUT2D eigenvalue weighted by Gasteiger charge is -2.22. The van der Waals surface area contributed by atoms with Crippen LogP contribution >= 0.6 is 0 Å². The Kier molecular flexibility index (Phi) is 6.41. The number of piperidine rings is 1. The van der Waals surface area contributed by atoms with E-state index in [1.807, 2.05) is 18.3 Å². The van der Waals surface area contributed by atoms with Crippen molar-refractivity contribution in [3.8, 4) is 33.5 Å². The van der Waals surface area contributed by atoms with E-state index in [0.29, 0.717) is 11.3 Å². The van der Waals surface area contributed by atoms with Gasteiger partial charge in [0.05, 0.1) is 5.69 Å². The summed E-state index contributed by atoms with van der Waals surface area (Å²) in [6.45, 7) is 2.21. The summed E-state index contributed by atoms with van der Waals surface area (Å²) in [5.74, 6) is -0.317. The number of aromatic nitrogens is 3. The van der Waals surface area contributed by atoms with E-state index in [0.717, 1.165) is 71.3 Å². The lowest BCUT2D eigenvalue weighted by Crippen LogP contribution is -2.28. The van der Waals surface area contributed by atoms with Gasteiger partial charge < -0.3 is 5.32 Å². The molecule has 1 saturated heterocycles. The maximum atomic E-state index is 14.6. The second-order valence-corrected chi connectivity index (χ2v) is 9.61. The normalized spacial score (nSPS) is 14.2. The largest absolute Gasteiger partial charge is 0.317 e. The summed E-state index contributed by atoms with van der Waals surface area (Å²) in [7, 11) is 0. The fourth-order valence-electron chi connectivity index (χ4n) is 5.13. The summed E-state index contributed by atoms with van der Waals surface area (Å²) >= 11 is 0. The van der Waals surface area contributed by atoms with E-state index in [-0.39, 0.29) is 5.56 Å². The minimum absolute atomic E-state index is 0.0993. The highest BCUT2D eigenvalue weighted by atomic mass is 19.1. The Morgan fingerprint density at radius 1 is 0.811 bits per heavy atom. The first-order chi connectivity index (χ1) is 18.1. The lowest BCUT2D eigenvalue weighted by atomic mass is 9.90. The van der Waals surface area contributed by atoms with Crippen molar-refractivity contribution in [2.45, 2.75) is 19.3 Å². The number of rotatable bonds is 5. The number of pyridine rings is 3. The standard InChI is InChI=1S/C31H26F2N4/c32-25-7-8-29(33)28(16-25)30-17-27(26-2-1-11-36-31(26)37-30)24-15-23(18-35-19-24)22-5-3-20(4-6-22)14-21-9-12-34-13-10-21/h1-8,11,15-19,21,34H,9-10,12-14H2. The number of halogens is 2. The van der Waals surface area contributed by atoms with Crippen LogP contribution in [0, 0.1) is 17.6 Å². The number of nitrogens with one attached hydrogen (secondary N) is 1. The van der Waals surface area contributed by atoms with E-state index < -0.39 is 11.6 Å². The molecule has 6 heteroatoms. The minimum atomic E-state index is -0.536. The zero-order valence-electron chi connectivity index (χ0n) is 20.3. The first kappa shape index (κ1) is 23.4. The van der Waals surface area contributed by atoms with Crippen LogP contribution < -0.4 is 5.32 Å². The quantitative estimate of drug-likeness (QED) is 0.292. The Labute approximate surface area is 214 Å². The molecule has 3 aromatic heterocycles. The second-order valence-electron chi connectivity index (χ2n) is 9.61. The van der Waals surface area contributed by atoms with Gasteiger partial charge in [0.15, 0.2) is 5.65 Å². The highest BCUT2D eigenvalue weighted by molar-refractivity contribution is 5.95. The molecule has 6 rings (SSSR count). The second kappa shape index (κ2) is 10.1. The SMILES string of the molecule is Fc1ccc(F)c(-c2cc(-c3cncc(-c4ccc(CC5CCNCC5)cc4)c3)c3cccnc3n2)c1. The molecule has 5 aromatic rings.